The normalized spacial score (nSPS) is 11.3. The van der Waals surface area contributed by atoms with Gasteiger partial charge in [-0.3, -0.25) is 0 Å². The maximum Gasteiger partial charge on any atom is 0.138 e. The summed E-state index contributed by atoms with van der Waals surface area (Å²) >= 11 is 3.50. The van der Waals surface area contributed by atoms with E-state index in [1.54, 1.807) is 0 Å². The van der Waals surface area contributed by atoms with Gasteiger partial charge in [-0.25, -0.2) is 4.98 Å². The van der Waals surface area contributed by atoms with Gasteiger partial charge < -0.3 is 10.7 Å². The number of aromatic nitrogens is 2. The molecule has 0 atom stereocenters. The summed E-state index contributed by atoms with van der Waals surface area (Å²) in [5, 5.41) is 2.39. The summed E-state index contributed by atoms with van der Waals surface area (Å²) in [6.45, 7) is 0. The molecule has 0 aliphatic rings. The Kier molecular flexibility index (Phi) is 2.72. The smallest absolute Gasteiger partial charge is 0.138 e. The third-order valence-corrected chi connectivity index (χ3v) is 4.07. The number of imidazole rings is 1. The number of aromatic amines is 1. The number of fused-ring (bicyclic) bond motifs is 2. The topological polar surface area (TPSA) is 54.7 Å². The van der Waals surface area contributed by atoms with Crippen LogP contribution in [0.1, 0.15) is 0 Å². The summed E-state index contributed by atoms with van der Waals surface area (Å²) in [4.78, 5) is 7.96. The van der Waals surface area contributed by atoms with E-state index < -0.39 is 0 Å². The van der Waals surface area contributed by atoms with Gasteiger partial charge in [-0.15, -0.1) is 0 Å². The van der Waals surface area contributed by atoms with Gasteiger partial charge in [0.25, 0.3) is 0 Å². The van der Waals surface area contributed by atoms with Gasteiger partial charge in [0.1, 0.15) is 5.82 Å². The summed E-state index contributed by atoms with van der Waals surface area (Å²) in [5.74, 6) is 0.861. The van der Waals surface area contributed by atoms with Crippen molar-refractivity contribution in [3.8, 4) is 11.4 Å². The minimum Gasteiger partial charge on any atom is -0.399 e. The number of nitrogen functional groups attached to an aromatic ring is 1. The van der Waals surface area contributed by atoms with E-state index >= 15 is 0 Å². The van der Waals surface area contributed by atoms with Gasteiger partial charge in [-0.2, -0.15) is 0 Å². The lowest BCUT2D eigenvalue weighted by Gasteiger charge is -2.01. The zero-order valence-corrected chi connectivity index (χ0v) is 12.7. The van der Waals surface area contributed by atoms with Crippen molar-refractivity contribution in [3.63, 3.8) is 0 Å². The van der Waals surface area contributed by atoms with Gasteiger partial charge in [-0.1, -0.05) is 34.1 Å². The van der Waals surface area contributed by atoms with Crippen LogP contribution in [0, 0.1) is 0 Å². The van der Waals surface area contributed by atoms with Crippen molar-refractivity contribution in [2.75, 3.05) is 5.73 Å². The Morgan fingerprint density at radius 2 is 1.71 bits per heavy atom. The number of hydrogen-bond acceptors (Lipinski definition) is 2. The number of nitrogens with two attached hydrogens (primary N) is 1. The van der Waals surface area contributed by atoms with Crippen LogP contribution in [0.3, 0.4) is 0 Å². The second-order valence-corrected chi connectivity index (χ2v) is 5.98. The van der Waals surface area contributed by atoms with Gasteiger partial charge >= 0.3 is 0 Å². The lowest BCUT2D eigenvalue weighted by Crippen LogP contribution is -1.82. The molecule has 21 heavy (non-hydrogen) atoms. The highest BCUT2D eigenvalue weighted by molar-refractivity contribution is 9.10. The maximum absolute atomic E-state index is 5.81. The van der Waals surface area contributed by atoms with Crippen LogP contribution in [0.5, 0.6) is 0 Å². The Morgan fingerprint density at radius 1 is 0.905 bits per heavy atom. The van der Waals surface area contributed by atoms with Crippen LogP contribution in [0.25, 0.3) is 33.2 Å². The molecule has 0 fully saturated rings. The van der Waals surface area contributed by atoms with E-state index in [2.05, 4.69) is 56.2 Å². The number of H-pyrrole nitrogens is 1. The predicted molar refractivity (Wildman–Crippen MR) is 91.1 cm³/mol. The zero-order chi connectivity index (χ0) is 14.4. The molecule has 0 aliphatic carbocycles. The van der Waals surface area contributed by atoms with E-state index in [0.717, 1.165) is 32.6 Å². The first kappa shape index (κ1) is 12.4. The Bertz CT molecular complexity index is 972. The number of nitrogens with one attached hydrogen (secondary N) is 1. The molecule has 3 aromatic carbocycles. The van der Waals surface area contributed by atoms with E-state index in [0.29, 0.717) is 0 Å². The van der Waals surface area contributed by atoms with Gasteiger partial charge in [0.2, 0.25) is 0 Å². The van der Waals surface area contributed by atoms with E-state index in [-0.39, 0.29) is 0 Å². The standard InChI is InChI=1S/C17H12BrN3/c18-13-4-3-10-7-12(2-1-11(10)8-13)17-20-15-6-5-14(19)9-16(15)21-17/h1-9H,19H2,(H,20,21). The van der Waals surface area contributed by atoms with Crippen molar-refractivity contribution in [3.05, 3.63) is 59.1 Å². The molecule has 0 bridgehead atoms. The average Bonchev–Trinajstić information content (AvgIpc) is 2.89. The van der Waals surface area contributed by atoms with Crippen molar-refractivity contribution < 1.29 is 0 Å². The van der Waals surface area contributed by atoms with Crippen LogP contribution < -0.4 is 5.73 Å². The van der Waals surface area contributed by atoms with Crippen LogP contribution in [-0.2, 0) is 0 Å². The molecule has 0 radical (unpaired) electrons. The fourth-order valence-electron chi connectivity index (χ4n) is 2.53. The van der Waals surface area contributed by atoms with E-state index in [1.807, 2.05) is 24.3 Å². The van der Waals surface area contributed by atoms with Crippen molar-refractivity contribution in [2.24, 2.45) is 0 Å². The highest BCUT2D eigenvalue weighted by Crippen LogP contribution is 2.27. The van der Waals surface area contributed by atoms with Crippen molar-refractivity contribution in [2.45, 2.75) is 0 Å². The number of hydrogen-bond donors (Lipinski definition) is 2. The van der Waals surface area contributed by atoms with Crippen LogP contribution in [0.4, 0.5) is 5.69 Å². The molecule has 0 saturated heterocycles. The second-order valence-electron chi connectivity index (χ2n) is 5.07. The fourth-order valence-corrected chi connectivity index (χ4v) is 2.91. The molecule has 1 aromatic heterocycles. The first-order valence-corrected chi connectivity index (χ1v) is 7.43. The molecule has 0 saturated carbocycles. The average molecular weight is 338 g/mol. The quantitative estimate of drug-likeness (QED) is 0.493. The molecule has 1 heterocycles. The van der Waals surface area contributed by atoms with Crippen molar-refractivity contribution >= 4 is 43.4 Å². The minimum absolute atomic E-state index is 0.737. The van der Waals surface area contributed by atoms with E-state index in [1.165, 1.54) is 10.8 Å². The maximum atomic E-state index is 5.81. The monoisotopic (exact) mass is 337 g/mol. The van der Waals surface area contributed by atoms with Crippen LogP contribution in [0.15, 0.2) is 59.1 Å². The third-order valence-electron chi connectivity index (χ3n) is 3.58. The molecule has 4 aromatic rings. The first-order valence-electron chi connectivity index (χ1n) is 6.64. The van der Waals surface area contributed by atoms with Gasteiger partial charge in [0.05, 0.1) is 11.0 Å². The Balaban J connectivity index is 1.89. The second kappa shape index (κ2) is 4.60. The van der Waals surface area contributed by atoms with Crippen LogP contribution >= 0.6 is 15.9 Å². The molecule has 0 unspecified atom stereocenters. The number of halogens is 1. The third kappa shape index (κ3) is 2.17. The van der Waals surface area contributed by atoms with E-state index in [9.17, 15) is 0 Å². The SMILES string of the molecule is Nc1ccc2nc(-c3ccc4cc(Br)ccc4c3)[nH]c2c1. The number of nitrogens with zero attached hydrogens (tertiary/aromatic N) is 1. The molecule has 3 nitrogen and oxygen atoms in total. The largest absolute Gasteiger partial charge is 0.399 e. The molecular weight excluding hydrogens is 326 g/mol. The van der Waals surface area contributed by atoms with Crippen molar-refractivity contribution in [1.29, 1.82) is 0 Å². The Labute approximate surface area is 129 Å². The van der Waals surface area contributed by atoms with Crippen LogP contribution in [-0.4, -0.2) is 9.97 Å². The van der Waals surface area contributed by atoms with Crippen LogP contribution in [0.2, 0.25) is 0 Å². The highest BCUT2D eigenvalue weighted by Gasteiger charge is 2.06. The predicted octanol–water partition coefficient (Wildman–Crippen LogP) is 4.73. The van der Waals surface area contributed by atoms with Crippen molar-refractivity contribution in [1.82, 2.24) is 9.97 Å². The summed E-state index contributed by atoms with van der Waals surface area (Å²) in [7, 11) is 0. The van der Waals surface area contributed by atoms with Gasteiger partial charge in [0, 0.05) is 15.7 Å². The summed E-state index contributed by atoms with van der Waals surface area (Å²) in [5.41, 5.74) is 9.50. The summed E-state index contributed by atoms with van der Waals surface area (Å²) < 4.78 is 1.09. The minimum atomic E-state index is 0.737. The highest BCUT2D eigenvalue weighted by atomic mass is 79.9. The number of benzene rings is 3. The Morgan fingerprint density at radius 3 is 2.62 bits per heavy atom. The molecule has 0 spiro atoms. The lowest BCUT2D eigenvalue weighted by atomic mass is 10.1. The molecule has 3 N–H and O–H groups in total. The summed E-state index contributed by atoms with van der Waals surface area (Å²) in [6.07, 6.45) is 0. The molecular formula is C17H12BrN3. The van der Waals surface area contributed by atoms with E-state index in [4.69, 9.17) is 5.73 Å². The molecule has 4 rings (SSSR count). The molecule has 102 valence electrons. The first-order chi connectivity index (χ1) is 10.2. The number of rotatable bonds is 1. The molecule has 0 aliphatic heterocycles. The van der Waals surface area contributed by atoms with Gasteiger partial charge in [-0.05, 0) is 47.2 Å². The zero-order valence-electron chi connectivity index (χ0n) is 11.1. The lowest BCUT2D eigenvalue weighted by molar-refractivity contribution is 1.34. The molecule has 4 heteroatoms. The fraction of sp³-hybridized carbons (Fsp3) is 0. The summed E-state index contributed by atoms with van der Waals surface area (Å²) in [6, 6.07) is 18.3. The van der Waals surface area contributed by atoms with Gasteiger partial charge in [0.15, 0.2) is 0 Å². The Hall–Kier alpha value is -2.33. The molecule has 0 amide bonds. The number of anilines is 1.